The molecule has 2 heterocycles. The average Bonchev–Trinajstić information content (AvgIpc) is 2.63. The van der Waals surface area contributed by atoms with Crippen molar-refractivity contribution in [3.63, 3.8) is 0 Å². The summed E-state index contributed by atoms with van der Waals surface area (Å²) in [6.45, 7) is 1.40. The zero-order valence-corrected chi connectivity index (χ0v) is 13.1. The van der Waals surface area contributed by atoms with E-state index in [9.17, 15) is 4.79 Å². The van der Waals surface area contributed by atoms with Gasteiger partial charge in [-0.15, -0.1) is 0 Å². The molecule has 24 heavy (non-hydrogen) atoms. The highest BCUT2D eigenvalue weighted by molar-refractivity contribution is 6.04. The highest BCUT2D eigenvalue weighted by Crippen LogP contribution is 2.18. The van der Waals surface area contributed by atoms with E-state index in [2.05, 4.69) is 10.3 Å². The van der Waals surface area contributed by atoms with Gasteiger partial charge in [0.1, 0.15) is 12.2 Å². The fourth-order valence-electron chi connectivity index (χ4n) is 2.43. The van der Waals surface area contributed by atoms with E-state index in [0.29, 0.717) is 35.9 Å². The van der Waals surface area contributed by atoms with Crippen LogP contribution in [-0.2, 0) is 4.74 Å². The van der Waals surface area contributed by atoms with E-state index in [1.165, 1.54) is 6.20 Å². The van der Waals surface area contributed by atoms with Gasteiger partial charge in [0.2, 0.25) is 5.88 Å². The van der Waals surface area contributed by atoms with Gasteiger partial charge >= 0.3 is 0 Å². The molecule has 0 aliphatic carbocycles. The maximum Gasteiger partial charge on any atom is 0.257 e. The number of nitrogens with zero attached hydrogens (tertiary/aromatic N) is 2. The summed E-state index contributed by atoms with van der Waals surface area (Å²) in [5, 5.41) is 11.8. The molecule has 1 aromatic carbocycles. The molecule has 0 unspecified atom stereocenters. The summed E-state index contributed by atoms with van der Waals surface area (Å²) in [7, 11) is 0. The number of nitrogens with one attached hydrogen (secondary N) is 1. The normalized spacial score (nSPS) is 14.6. The lowest BCUT2D eigenvalue weighted by molar-refractivity contribution is 0.0237. The molecular formula is C18H17N3O3. The van der Waals surface area contributed by atoms with Crippen molar-refractivity contribution in [3.05, 3.63) is 53.7 Å². The Hall–Kier alpha value is -2.91. The molecular weight excluding hydrogens is 306 g/mol. The first-order valence-corrected chi connectivity index (χ1v) is 7.77. The lowest BCUT2D eigenvalue weighted by Gasteiger charge is -2.22. The molecule has 6 nitrogen and oxygen atoms in total. The largest absolute Gasteiger partial charge is 0.474 e. The van der Waals surface area contributed by atoms with Crippen molar-refractivity contribution in [3.8, 4) is 11.9 Å². The first-order valence-electron chi connectivity index (χ1n) is 7.77. The number of hydrogen-bond acceptors (Lipinski definition) is 5. The molecule has 0 atom stereocenters. The van der Waals surface area contributed by atoms with Crippen LogP contribution < -0.4 is 10.1 Å². The summed E-state index contributed by atoms with van der Waals surface area (Å²) in [5.41, 5.74) is 1.30. The number of hydrogen-bond donors (Lipinski definition) is 1. The minimum Gasteiger partial charge on any atom is -0.474 e. The van der Waals surface area contributed by atoms with E-state index in [-0.39, 0.29) is 12.0 Å². The number of carbonyl (C=O) groups is 1. The van der Waals surface area contributed by atoms with Gasteiger partial charge in [-0.1, -0.05) is 12.1 Å². The van der Waals surface area contributed by atoms with Crippen molar-refractivity contribution in [2.75, 3.05) is 18.5 Å². The number of benzene rings is 1. The summed E-state index contributed by atoms with van der Waals surface area (Å²) in [5.74, 6) is 0.179. The van der Waals surface area contributed by atoms with Gasteiger partial charge in [-0.25, -0.2) is 4.98 Å². The third-order valence-corrected chi connectivity index (χ3v) is 3.75. The standard InChI is InChI=1S/C18H17N3O3/c19-11-13-3-1-2-4-16(13)21-18(22)14-5-6-17(20-12-14)24-15-7-9-23-10-8-15/h1-6,12,15H,7-10H2,(H,21,22). The van der Waals surface area contributed by atoms with Crippen LogP contribution in [0.2, 0.25) is 0 Å². The van der Waals surface area contributed by atoms with Crippen molar-refractivity contribution in [2.24, 2.45) is 0 Å². The van der Waals surface area contributed by atoms with Crippen LogP contribution in [0.1, 0.15) is 28.8 Å². The van der Waals surface area contributed by atoms with E-state index < -0.39 is 0 Å². The molecule has 1 aliphatic rings. The van der Waals surface area contributed by atoms with Gasteiger partial charge in [0.25, 0.3) is 5.91 Å². The summed E-state index contributed by atoms with van der Waals surface area (Å²) in [6.07, 6.45) is 3.26. The molecule has 0 saturated carbocycles. The SMILES string of the molecule is N#Cc1ccccc1NC(=O)c1ccc(OC2CCOCC2)nc1. The Bertz CT molecular complexity index is 747. The van der Waals surface area contributed by atoms with Crippen LogP contribution in [0.3, 0.4) is 0 Å². The number of nitriles is 1. The van der Waals surface area contributed by atoms with Gasteiger partial charge < -0.3 is 14.8 Å². The topological polar surface area (TPSA) is 84.2 Å². The van der Waals surface area contributed by atoms with Crippen LogP contribution >= 0.6 is 0 Å². The van der Waals surface area contributed by atoms with E-state index >= 15 is 0 Å². The van der Waals surface area contributed by atoms with Crippen LogP contribution in [0.25, 0.3) is 0 Å². The Morgan fingerprint density at radius 1 is 1.25 bits per heavy atom. The second kappa shape index (κ2) is 7.57. The quantitative estimate of drug-likeness (QED) is 0.935. The summed E-state index contributed by atoms with van der Waals surface area (Å²) in [4.78, 5) is 16.5. The smallest absolute Gasteiger partial charge is 0.257 e. The molecule has 0 bridgehead atoms. The minimum atomic E-state index is -0.317. The maximum absolute atomic E-state index is 12.3. The molecule has 1 saturated heterocycles. The molecule has 3 rings (SSSR count). The van der Waals surface area contributed by atoms with Crippen molar-refractivity contribution in [1.82, 2.24) is 4.98 Å². The minimum absolute atomic E-state index is 0.105. The Balaban J connectivity index is 1.64. The Labute approximate surface area is 140 Å². The number of aromatic nitrogens is 1. The molecule has 6 heteroatoms. The van der Waals surface area contributed by atoms with E-state index in [4.69, 9.17) is 14.7 Å². The van der Waals surface area contributed by atoms with E-state index in [0.717, 1.165) is 12.8 Å². The van der Waals surface area contributed by atoms with Crippen LogP contribution in [0, 0.1) is 11.3 Å². The van der Waals surface area contributed by atoms with Gasteiger partial charge in [-0.05, 0) is 18.2 Å². The third kappa shape index (κ3) is 3.89. The van der Waals surface area contributed by atoms with Crippen molar-refractivity contribution in [2.45, 2.75) is 18.9 Å². The molecule has 0 radical (unpaired) electrons. The Kier molecular flexibility index (Phi) is 5.04. The number of amides is 1. The third-order valence-electron chi connectivity index (χ3n) is 3.75. The van der Waals surface area contributed by atoms with Crippen molar-refractivity contribution < 1.29 is 14.3 Å². The lowest BCUT2D eigenvalue weighted by atomic mass is 10.1. The molecule has 1 fully saturated rings. The second-order valence-corrected chi connectivity index (χ2v) is 5.43. The van der Waals surface area contributed by atoms with E-state index in [1.807, 2.05) is 6.07 Å². The average molecular weight is 323 g/mol. The first-order chi connectivity index (χ1) is 11.8. The van der Waals surface area contributed by atoms with Gasteiger partial charge in [0.15, 0.2) is 0 Å². The lowest BCUT2D eigenvalue weighted by Crippen LogP contribution is -2.26. The van der Waals surface area contributed by atoms with Gasteiger partial charge in [0, 0.05) is 25.1 Å². The van der Waals surface area contributed by atoms with E-state index in [1.54, 1.807) is 36.4 Å². The summed E-state index contributed by atoms with van der Waals surface area (Å²) >= 11 is 0. The number of rotatable bonds is 4. The molecule has 1 aliphatic heterocycles. The Morgan fingerprint density at radius 2 is 2.04 bits per heavy atom. The van der Waals surface area contributed by atoms with Crippen molar-refractivity contribution >= 4 is 11.6 Å². The second-order valence-electron chi connectivity index (χ2n) is 5.43. The number of carbonyl (C=O) groups excluding carboxylic acids is 1. The number of anilines is 1. The zero-order valence-electron chi connectivity index (χ0n) is 13.1. The fraction of sp³-hybridized carbons (Fsp3) is 0.278. The van der Waals surface area contributed by atoms with Crippen LogP contribution in [0.4, 0.5) is 5.69 Å². The molecule has 1 N–H and O–H groups in total. The molecule has 1 amide bonds. The Morgan fingerprint density at radius 3 is 2.75 bits per heavy atom. The van der Waals surface area contributed by atoms with Crippen LogP contribution in [0.15, 0.2) is 42.6 Å². The van der Waals surface area contributed by atoms with Crippen LogP contribution in [-0.4, -0.2) is 30.2 Å². The first kappa shape index (κ1) is 16.0. The predicted octanol–water partition coefficient (Wildman–Crippen LogP) is 2.76. The maximum atomic E-state index is 12.3. The highest BCUT2D eigenvalue weighted by atomic mass is 16.5. The molecule has 0 spiro atoms. The van der Waals surface area contributed by atoms with Gasteiger partial charge in [0.05, 0.1) is 30.0 Å². The monoisotopic (exact) mass is 323 g/mol. The van der Waals surface area contributed by atoms with Gasteiger partial charge in [-0.2, -0.15) is 5.26 Å². The number of ether oxygens (including phenoxy) is 2. The molecule has 1 aromatic heterocycles. The predicted molar refractivity (Wildman–Crippen MR) is 87.8 cm³/mol. The number of pyridine rings is 1. The summed E-state index contributed by atoms with van der Waals surface area (Å²) < 4.78 is 11.1. The highest BCUT2D eigenvalue weighted by Gasteiger charge is 2.16. The zero-order chi connectivity index (χ0) is 16.8. The fourth-order valence-corrected chi connectivity index (χ4v) is 2.43. The molecule has 122 valence electrons. The van der Waals surface area contributed by atoms with Crippen LogP contribution in [0.5, 0.6) is 5.88 Å². The number of para-hydroxylation sites is 1. The molecule has 2 aromatic rings. The van der Waals surface area contributed by atoms with Gasteiger partial charge in [-0.3, -0.25) is 4.79 Å². The van der Waals surface area contributed by atoms with Crippen molar-refractivity contribution in [1.29, 1.82) is 5.26 Å². The summed E-state index contributed by atoms with van der Waals surface area (Å²) in [6, 6.07) is 12.2.